The molecule has 1 aromatic rings. The molecule has 0 amide bonds. The van der Waals surface area contributed by atoms with E-state index in [9.17, 15) is 4.79 Å². The minimum absolute atomic E-state index is 0.0270. The minimum Gasteiger partial charge on any atom is -0.382 e. The molecule has 0 aromatic carbocycles. The van der Waals surface area contributed by atoms with Crippen LogP contribution in [0.25, 0.3) is 0 Å². The van der Waals surface area contributed by atoms with E-state index in [1.54, 1.807) is 16.9 Å². The number of likely N-dealkylation sites (tertiary alicyclic amines) is 1. The lowest BCUT2D eigenvalue weighted by Crippen LogP contribution is -2.27. The van der Waals surface area contributed by atoms with Crippen molar-refractivity contribution in [1.82, 2.24) is 20.0 Å². The minimum atomic E-state index is -0.0270. The molecule has 112 valence electrons. The zero-order valence-electron chi connectivity index (χ0n) is 12.3. The summed E-state index contributed by atoms with van der Waals surface area (Å²) < 4.78 is 1.55. The number of aromatic nitrogens is 2. The van der Waals surface area contributed by atoms with E-state index in [2.05, 4.69) is 20.6 Å². The normalized spacial score (nSPS) is 15.7. The van der Waals surface area contributed by atoms with Crippen molar-refractivity contribution in [2.45, 2.75) is 25.8 Å². The van der Waals surface area contributed by atoms with Gasteiger partial charge in [-0.3, -0.25) is 4.79 Å². The van der Waals surface area contributed by atoms with Gasteiger partial charge < -0.3 is 15.5 Å². The van der Waals surface area contributed by atoms with Gasteiger partial charge >= 0.3 is 0 Å². The third kappa shape index (κ3) is 4.61. The Kier molecular flexibility index (Phi) is 6.01. The van der Waals surface area contributed by atoms with Crippen molar-refractivity contribution in [3.8, 4) is 0 Å². The molecule has 1 fully saturated rings. The molecule has 6 heteroatoms. The standard InChI is InChI=1S/C14H25N5O/c1-15-5-6-16-13-11-14(20)19(17-12-13)10-4-9-18-7-2-3-8-18/h11-12,15-16H,2-10H2,1H3. The Labute approximate surface area is 120 Å². The van der Waals surface area contributed by atoms with Crippen LogP contribution < -0.4 is 16.2 Å². The van der Waals surface area contributed by atoms with Crippen molar-refractivity contribution in [2.75, 3.05) is 45.1 Å². The first-order chi connectivity index (χ1) is 9.79. The monoisotopic (exact) mass is 279 g/mol. The molecule has 0 atom stereocenters. The van der Waals surface area contributed by atoms with Crippen molar-refractivity contribution >= 4 is 5.69 Å². The van der Waals surface area contributed by atoms with Crippen molar-refractivity contribution in [3.05, 3.63) is 22.6 Å². The molecule has 1 aliphatic heterocycles. The SMILES string of the molecule is CNCCNc1cnn(CCCN2CCCC2)c(=O)c1. The molecule has 20 heavy (non-hydrogen) atoms. The summed E-state index contributed by atoms with van der Waals surface area (Å²) in [6.07, 6.45) is 5.34. The summed E-state index contributed by atoms with van der Waals surface area (Å²) in [5, 5.41) is 10.4. The van der Waals surface area contributed by atoms with Crippen molar-refractivity contribution in [3.63, 3.8) is 0 Å². The van der Waals surface area contributed by atoms with Gasteiger partial charge in [0.25, 0.3) is 5.56 Å². The van der Waals surface area contributed by atoms with Crippen LogP contribution in [0.15, 0.2) is 17.1 Å². The van der Waals surface area contributed by atoms with E-state index in [1.807, 2.05) is 7.05 Å². The molecule has 1 saturated heterocycles. The van der Waals surface area contributed by atoms with Crippen LogP contribution >= 0.6 is 0 Å². The molecule has 0 saturated carbocycles. The van der Waals surface area contributed by atoms with Gasteiger partial charge in [-0.15, -0.1) is 0 Å². The van der Waals surface area contributed by atoms with Crippen LogP contribution in [-0.2, 0) is 6.54 Å². The maximum atomic E-state index is 11.9. The number of nitrogens with zero attached hydrogens (tertiary/aromatic N) is 3. The summed E-state index contributed by atoms with van der Waals surface area (Å²) >= 11 is 0. The average Bonchev–Trinajstić information content (AvgIpc) is 2.95. The van der Waals surface area contributed by atoms with Crippen LogP contribution in [0, 0.1) is 0 Å². The second kappa shape index (κ2) is 8.01. The molecule has 1 aromatic heterocycles. The molecule has 0 radical (unpaired) electrons. The largest absolute Gasteiger partial charge is 0.382 e. The quantitative estimate of drug-likeness (QED) is 0.673. The highest BCUT2D eigenvalue weighted by Crippen LogP contribution is 2.07. The lowest BCUT2D eigenvalue weighted by molar-refractivity contribution is 0.320. The van der Waals surface area contributed by atoms with Gasteiger partial charge in [0.1, 0.15) is 0 Å². The first kappa shape index (κ1) is 15.0. The summed E-state index contributed by atoms with van der Waals surface area (Å²) in [5.41, 5.74) is 0.766. The Morgan fingerprint density at radius 3 is 2.75 bits per heavy atom. The van der Waals surface area contributed by atoms with Gasteiger partial charge in [-0.05, 0) is 45.9 Å². The molecule has 0 spiro atoms. The number of hydrogen-bond acceptors (Lipinski definition) is 5. The summed E-state index contributed by atoms with van der Waals surface area (Å²) in [6, 6.07) is 1.62. The molecule has 1 aliphatic rings. The van der Waals surface area contributed by atoms with Crippen LogP contribution in [0.3, 0.4) is 0 Å². The van der Waals surface area contributed by atoms with Crippen LogP contribution in [0.4, 0.5) is 5.69 Å². The Hall–Kier alpha value is -1.40. The topological polar surface area (TPSA) is 62.2 Å². The average molecular weight is 279 g/mol. The van der Waals surface area contributed by atoms with E-state index in [1.165, 1.54) is 25.9 Å². The number of aryl methyl sites for hydroxylation is 1. The van der Waals surface area contributed by atoms with Crippen LogP contribution in [0.1, 0.15) is 19.3 Å². The van der Waals surface area contributed by atoms with E-state index in [0.717, 1.165) is 31.7 Å². The molecular formula is C14H25N5O. The Bertz CT molecular complexity index is 453. The summed E-state index contributed by atoms with van der Waals surface area (Å²) in [5.74, 6) is 0. The van der Waals surface area contributed by atoms with Crippen LogP contribution in [-0.4, -0.2) is 54.5 Å². The van der Waals surface area contributed by atoms with Crippen molar-refractivity contribution in [1.29, 1.82) is 0 Å². The molecule has 2 N–H and O–H groups in total. The zero-order valence-corrected chi connectivity index (χ0v) is 12.3. The van der Waals surface area contributed by atoms with Crippen molar-refractivity contribution in [2.24, 2.45) is 0 Å². The molecule has 2 rings (SSSR count). The molecular weight excluding hydrogens is 254 g/mol. The predicted octanol–water partition coefficient (Wildman–Crippen LogP) is 0.361. The van der Waals surface area contributed by atoms with E-state index >= 15 is 0 Å². The fourth-order valence-electron chi connectivity index (χ4n) is 2.48. The molecule has 0 unspecified atom stereocenters. The van der Waals surface area contributed by atoms with E-state index < -0.39 is 0 Å². The first-order valence-corrected chi connectivity index (χ1v) is 7.47. The van der Waals surface area contributed by atoms with Crippen LogP contribution in [0.5, 0.6) is 0 Å². The number of hydrogen-bond donors (Lipinski definition) is 2. The maximum Gasteiger partial charge on any atom is 0.268 e. The number of rotatable bonds is 8. The van der Waals surface area contributed by atoms with Gasteiger partial charge in [0, 0.05) is 25.7 Å². The Balaban J connectivity index is 1.78. The summed E-state index contributed by atoms with van der Waals surface area (Å²) in [4.78, 5) is 14.4. The summed E-state index contributed by atoms with van der Waals surface area (Å²) in [7, 11) is 1.90. The third-order valence-corrected chi connectivity index (χ3v) is 3.62. The van der Waals surface area contributed by atoms with Gasteiger partial charge in [-0.1, -0.05) is 0 Å². The predicted molar refractivity (Wildman–Crippen MR) is 81.2 cm³/mol. The molecule has 0 bridgehead atoms. The lowest BCUT2D eigenvalue weighted by Gasteiger charge is -2.14. The second-order valence-corrected chi connectivity index (χ2v) is 5.24. The highest BCUT2D eigenvalue weighted by atomic mass is 16.1. The van der Waals surface area contributed by atoms with Gasteiger partial charge in [0.2, 0.25) is 0 Å². The Morgan fingerprint density at radius 2 is 2.05 bits per heavy atom. The number of anilines is 1. The van der Waals surface area contributed by atoms with E-state index in [0.29, 0.717) is 6.54 Å². The van der Waals surface area contributed by atoms with Gasteiger partial charge in [0.05, 0.1) is 11.9 Å². The smallest absolute Gasteiger partial charge is 0.268 e. The van der Waals surface area contributed by atoms with E-state index in [4.69, 9.17) is 0 Å². The van der Waals surface area contributed by atoms with Gasteiger partial charge in [-0.25, -0.2) is 4.68 Å². The summed E-state index contributed by atoms with van der Waals surface area (Å²) in [6.45, 7) is 5.82. The fraction of sp³-hybridized carbons (Fsp3) is 0.714. The van der Waals surface area contributed by atoms with Gasteiger partial charge in [-0.2, -0.15) is 5.10 Å². The maximum absolute atomic E-state index is 11.9. The zero-order chi connectivity index (χ0) is 14.2. The highest BCUT2D eigenvalue weighted by Gasteiger charge is 2.10. The second-order valence-electron chi connectivity index (χ2n) is 5.24. The number of nitrogens with one attached hydrogen (secondary N) is 2. The Morgan fingerprint density at radius 1 is 1.25 bits per heavy atom. The molecule has 0 aliphatic carbocycles. The first-order valence-electron chi connectivity index (χ1n) is 7.47. The third-order valence-electron chi connectivity index (χ3n) is 3.62. The van der Waals surface area contributed by atoms with Crippen molar-refractivity contribution < 1.29 is 0 Å². The number of likely N-dealkylation sites (N-methyl/N-ethyl adjacent to an activating group) is 1. The van der Waals surface area contributed by atoms with Gasteiger partial charge in [0.15, 0.2) is 0 Å². The van der Waals surface area contributed by atoms with Crippen LogP contribution in [0.2, 0.25) is 0 Å². The molecule has 6 nitrogen and oxygen atoms in total. The fourth-order valence-corrected chi connectivity index (χ4v) is 2.48. The highest BCUT2D eigenvalue weighted by molar-refractivity contribution is 5.38. The molecule has 2 heterocycles. The van der Waals surface area contributed by atoms with E-state index in [-0.39, 0.29) is 5.56 Å². The lowest BCUT2D eigenvalue weighted by atomic mass is 10.4.